The van der Waals surface area contributed by atoms with E-state index < -0.39 is 0 Å². The lowest BCUT2D eigenvalue weighted by molar-refractivity contribution is 0.773. The minimum atomic E-state index is 0.315. The summed E-state index contributed by atoms with van der Waals surface area (Å²) in [5.41, 5.74) is 3.04. The Morgan fingerprint density at radius 3 is 2.80 bits per heavy atom. The maximum absolute atomic E-state index is 5.26. The fourth-order valence-electron chi connectivity index (χ4n) is 2.14. The van der Waals surface area contributed by atoms with Crippen LogP contribution in [0.3, 0.4) is 0 Å². The fraction of sp³-hybridized carbons (Fsp3) is 0.188. The average molecular weight is 281 g/mol. The number of hydrogen-bond donors (Lipinski definition) is 1. The molecule has 0 aliphatic heterocycles. The maximum Gasteiger partial charge on any atom is 0.130 e. The molecule has 0 saturated carbocycles. The van der Waals surface area contributed by atoms with Crippen LogP contribution in [0.4, 0.5) is 0 Å². The molecule has 3 rings (SSSR count). The Hall–Kier alpha value is -2.07. The summed E-state index contributed by atoms with van der Waals surface area (Å²) in [6, 6.07) is 12.1. The summed E-state index contributed by atoms with van der Waals surface area (Å²) < 4.78 is 0.614. The second-order valence-electron chi connectivity index (χ2n) is 5.08. The van der Waals surface area contributed by atoms with Crippen LogP contribution in [-0.4, -0.2) is 15.0 Å². The summed E-state index contributed by atoms with van der Waals surface area (Å²) in [6.07, 6.45) is 1.81. The zero-order chi connectivity index (χ0) is 14.1. The lowest BCUT2D eigenvalue weighted by Crippen LogP contribution is -1.99. The van der Waals surface area contributed by atoms with Gasteiger partial charge in [-0.15, -0.1) is 0 Å². The van der Waals surface area contributed by atoms with Crippen molar-refractivity contribution in [2.45, 2.75) is 19.8 Å². The van der Waals surface area contributed by atoms with Gasteiger partial charge in [0.1, 0.15) is 10.5 Å². The molecule has 4 heteroatoms. The van der Waals surface area contributed by atoms with Crippen LogP contribution in [0.25, 0.3) is 22.2 Å². The number of aromatic amines is 1. The fourth-order valence-corrected chi connectivity index (χ4v) is 2.36. The smallest absolute Gasteiger partial charge is 0.130 e. The molecule has 0 unspecified atom stereocenters. The number of rotatable bonds is 2. The van der Waals surface area contributed by atoms with Crippen molar-refractivity contribution in [3.63, 3.8) is 0 Å². The van der Waals surface area contributed by atoms with Crippen LogP contribution in [0.5, 0.6) is 0 Å². The van der Waals surface area contributed by atoms with Crippen molar-refractivity contribution in [1.82, 2.24) is 15.0 Å². The number of H-pyrrole nitrogens is 1. The van der Waals surface area contributed by atoms with E-state index >= 15 is 0 Å². The van der Waals surface area contributed by atoms with Crippen LogP contribution in [0.15, 0.2) is 42.6 Å². The van der Waals surface area contributed by atoms with E-state index in [2.05, 4.69) is 53.1 Å². The van der Waals surface area contributed by atoms with E-state index in [0.717, 1.165) is 28.0 Å². The first-order valence-electron chi connectivity index (χ1n) is 6.60. The van der Waals surface area contributed by atoms with Gasteiger partial charge in [-0.05, 0) is 18.2 Å². The Bertz CT molecular complexity index is 821. The quantitative estimate of drug-likeness (QED) is 0.704. The van der Waals surface area contributed by atoms with E-state index in [-0.39, 0.29) is 0 Å². The number of nitrogens with one attached hydrogen (secondary N) is 1. The van der Waals surface area contributed by atoms with Gasteiger partial charge in [-0.2, -0.15) is 0 Å². The second kappa shape index (κ2) is 5.13. The number of benzene rings is 1. The number of hydrogen-bond acceptors (Lipinski definition) is 3. The van der Waals surface area contributed by atoms with E-state index in [1.165, 1.54) is 0 Å². The van der Waals surface area contributed by atoms with Gasteiger partial charge in [0.05, 0.1) is 5.52 Å². The Labute approximate surface area is 122 Å². The monoisotopic (exact) mass is 281 g/mol. The van der Waals surface area contributed by atoms with Crippen molar-refractivity contribution in [2.24, 2.45) is 0 Å². The maximum atomic E-state index is 5.26. The highest BCUT2D eigenvalue weighted by Gasteiger charge is 2.06. The molecule has 0 fully saturated rings. The second-order valence-corrected chi connectivity index (χ2v) is 5.50. The van der Waals surface area contributed by atoms with Crippen molar-refractivity contribution in [1.29, 1.82) is 0 Å². The van der Waals surface area contributed by atoms with E-state index in [1.54, 1.807) is 6.20 Å². The number of nitrogens with zero attached hydrogens (tertiary/aromatic N) is 2. The third-order valence-corrected chi connectivity index (χ3v) is 3.43. The SMILES string of the molecule is CC(C)c1nc(=S)cc(-c2ccc3cccnc3c2)[nH]1. The molecule has 1 N–H and O–H groups in total. The molecule has 3 nitrogen and oxygen atoms in total. The molecule has 20 heavy (non-hydrogen) atoms. The standard InChI is InChI=1S/C16H15N3S/c1-10(2)16-18-14(9-15(20)19-16)12-6-5-11-4-3-7-17-13(11)8-12/h3-10H,1-2H3,(H,18,19,20). The third kappa shape index (κ3) is 2.47. The zero-order valence-electron chi connectivity index (χ0n) is 11.4. The molecule has 100 valence electrons. The van der Waals surface area contributed by atoms with Crippen LogP contribution in [-0.2, 0) is 0 Å². The first kappa shape index (κ1) is 12.9. The summed E-state index contributed by atoms with van der Waals surface area (Å²) in [7, 11) is 0. The molecule has 0 saturated heterocycles. The average Bonchev–Trinajstić information content (AvgIpc) is 2.46. The molecule has 0 bridgehead atoms. The highest BCUT2D eigenvalue weighted by molar-refractivity contribution is 7.71. The predicted octanol–water partition coefficient (Wildman–Crippen LogP) is 4.48. The zero-order valence-corrected chi connectivity index (χ0v) is 12.2. The van der Waals surface area contributed by atoms with Gasteiger partial charge in [-0.1, -0.05) is 44.3 Å². The summed E-state index contributed by atoms with van der Waals surface area (Å²) >= 11 is 5.26. The van der Waals surface area contributed by atoms with Crippen molar-refractivity contribution in [2.75, 3.05) is 0 Å². The lowest BCUT2D eigenvalue weighted by atomic mass is 10.1. The topological polar surface area (TPSA) is 41.6 Å². The molecular weight excluding hydrogens is 266 g/mol. The number of aromatic nitrogens is 3. The first-order valence-corrected chi connectivity index (χ1v) is 7.01. The predicted molar refractivity (Wildman–Crippen MR) is 84.2 cm³/mol. The van der Waals surface area contributed by atoms with Gasteiger partial charge in [-0.3, -0.25) is 4.98 Å². The Kier molecular flexibility index (Phi) is 3.32. The van der Waals surface area contributed by atoms with Crippen LogP contribution in [0, 0.1) is 4.64 Å². The van der Waals surface area contributed by atoms with Crippen LogP contribution in [0.1, 0.15) is 25.6 Å². The highest BCUT2D eigenvalue weighted by atomic mass is 32.1. The summed E-state index contributed by atoms with van der Waals surface area (Å²) in [5.74, 6) is 1.23. The van der Waals surface area contributed by atoms with E-state index in [4.69, 9.17) is 12.2 Å². The number of fused-ring (bicyclic) bond motifs is 1. The van der Waals surface area contributed by atoms with Crippen molar-refractivity contribution >= 4 is 23.1 Å². The molecular formula is C16H15N3S. The molecule has 2 heterocycles. The Morgan fingerprint density at radius 1 is 1.15 bits per heavy atom. The lowest BCUT2D eigenvalue weighted by Gasteiger charge is -2.09. The molecule has 0 atom stereocenters. The van der Waals surface area contributed by atoms with E-state index in [1.807, 2.05) is 12.1 Å². The summed E-state index contributed by atoms with van der Waals surface area (Å²) in [5, 5.41) is 1.13. The van der Waals surface area contributed by atoms with Gasteiger partial charge >= 0.3 is 0 Å². The van der Waals surface area contributed by atoms with Crippen LogP contribution >= 0.6 is 12.2 Å². The van der Waals surface area contributed by atoms with E-state index in [9.17, 15) is 0 Å². The van der Waals surface area contributed by atoms with Gasteiger partial charge in [0.25, 0.3) is 0 Å². The number of pyridine rings is 1. The molecule has 1 aromatic carbocycles. The van der Waals surface area contributed by atoms with Gasteiger partial charge in [-0.25, -0.2) is 4.98 Å². The van der Waals surface area contributed by atoms with Gasteiger partial charge in [0.15, 0.2) is 0 Å². The molecule has 2 aromatic heterocycles. The first-order chi connectivity index (χ1) is 9.63. The molecule has 0 amide bonds. The molecule has 0 aliphatic carbocycles. The highest BCUT2D eigenvalue weighted by Crippen LogP contribution is 2.23. The Balaban J connectivity index is 2.17. The third-order valence-electron chi connectivity index (χ3n) is 3.22. The van der Waals surface area contributed by atoms with Gasteiger partial charge < -0.3 is 4.98 Å². The molecule has 0 radical (unpaired) electrons. The van der Waals surface area contributed by atoms with Crippen LogP contribution < -0.4 is 0 Å². The summed E-state index contributed by atoms with van der Waals surface area (Å²) in [6.45, 7) is 4.19. The van der Waals surface area contributed by atoms with Gasteiger partial charge in [0.2, 0.25) is 0 Å². The molecule has 0 spiro atoms. The van der Waals surface area contributed by atoms with Crippen molar-refractivity contribution < 1.29 is 0 Å². The van der Waals surface area contributed by atoms with Gasteiger partial charge in [0, 0.05) is 28.8 Å². The minimum absolute atomic E-state index is 0.315. The van der Waals surface area contributed by atoms with Crippen molar-refractivity contribution in [3.8, 4) is 11.3 Å². The Morgan fingerprint density at radius 2 is 2.00 bits per heavy atom. The van der Waals surface area contributed by atoms with E-state index in [0.29, 0.717) is 10.6 Å². The molecule has 0 aliphatic rings. The normalized spacial score (nSPS) is 11.2. The molecule has 3 aromatic rings. The summed E-state index contributed by atoms with van der Waals surface area (Å²) in [4.78, 5) is 12.1. The minimum Gasteiger partial charge on any atom is -0.343 e. The van der Waals surface area contributed by atoms with Crippen LogP contribution in [0.2, 0.25) is 0 Å². The van der Waals surface area contributed by atoms with Crippen molar-refractivity contribution in [3.05, 3.63) is 53.1 Å². The largest absolute Gasteiger partial charge is 0.343 e.